The van der Waals surface area contributed by atoms with Crippen LogP contribution in [0.15, 0.2) is 42.5 Å². The van der Waals surface area contributed by atoms with Crippen molar-refractivity contribution in [1.29, 1.82) is 0 Å². The van der Waals surface area contributed by atoms with Crippen molar-refractivity contribution in [3.05, 3.63) is 65.0 Å². The number of halogens is 1. The Morgan fingerprint density at radius 2 is 1.83 bits per heavy atom. The van der Waals surface area contributed by atoms with Crippen LogP contribution in [0.5, 0.6) is 5.75 Å². The van der Waals surface area contributed by atoms with Crippen LogP contribution in [0.3, 0.4) is 0 Å². The summed E-state index contributed by atoms with van der Waals surface area (Å²) in [6, 6.07) is 10.9. The van der Waals surface area contributed by atoms with Crippen molar-refractivity contribution >= 4 is 11.7 Å². The van der Waals surface area contributed by atoms with Gasteiger partial charge in [-0.25, -0.2) is 4.39 Å². The average molecular weight is 315 g/mol. The summed E-state index contributed by atoms with van der Waals surface area (Å²) >= 11 is 0. The number of nitrogens with one attached hydrogen (secondary N) is 1. The molecule has 0 aliphatic heterocycles. The molecule has 0 radical (unpaired) electrons. The molecule has 0 saturated carbocycles. The molecule has 1 N–H and O–H groups in total. The average Bonchev–Trinajstić information content (AvgIpc) is 2.54. The van der Waals surface area contributed by atoms with Crippen LogP contribution in [0.25, 0.3) is 0 Å². The highest BCUT2D eigenvalue weighted by molar-refractivity contribution is 5.94. The second-order valence-corrected chi connectivity index (χ2v) is 5.16. The molecule has 0 spiro atoms. The standard InChI is InChI=1S/C18H18FNO3/c1-12(21)14-5-8-17(23-2)15(9-14)10-18(22)20-11-13-3-6-16(19)7-4-13/h3-9H,10-11H2,1-2H3,(H,20,22). The molecule has 0 heterocycles. The Bertz CT molecular complexity index is 711. The van der Waals surface area contributed by atoms with Crippen LogP contribution in [0.2, 0.25) is 0 Å². The molecule has 120 valence electrons. The number of carbonyl (C=O) groups excluding carboxylic acids is 2. The van der Waals surface area contributed by atoms with Gasteiger partial charge in [-0.15, -0.1) is 0 Å². The van der Waals surface area contributed by atoms with E-state index < -0.39 is 0 Å². The van der Waals surface area contributed by atoms with Crippen molar-refractivity contribution in [2.45, 2.75) is 19.9 Å². The SMILES string of the molecule is COc1ccc(C(C)=O)cc1CC(=O)NCc1ccc(F)cc1. The molecule has 0 atom stereocenters. The Morgan fingerprint density at radius 1 is 1.13 bits per heavy atom. The fourth-order valence-corrected chi connectivity index (χ4v) is 2.17. The fraction of sp³-hybridized carbons (Fsp3) is 0.222. The molecule has 0 fully saturated rings. The third-order valence-corrected chi connectivity index (χ3v) is 3.44. The van der Waals surface area contributed by atoms with Crippen molar-refractivity contribution in [2.75, 3.05) is 7.11 Å². The van der Waals surface area contributed by atoms with E-state index in [0.717, 1.165) is 5.56 Å². The first-order valence-corrected chi connectivity index (χ1v) is 7.18. The van der Waals surface area contributed by atoms with Crippen molar-refractivity contribution < 1.29 is 18.7 Å². The van der Waals surface area contributed by atoms with Crippen molar-refractivity contribution in [1.82, 2.24) is 5.32 Å². The van der Waals surface area contributed by atoms with Crippen LogP contribution in [0, 0.1) is 5.82 Å². The van der Waals surface area contributed by atoms with Crippen LogP contribution in [0.4, 0.5) is 4.39 Å². The molecule has 0 saturated heterocycles. The van der Waals surface area contributed by atoms with Gasteiger partial charge in [0.15, 0.2) is 5.78 Å². The van der Waals surface area contributed by atoms with Gasteiger partial charge < -0.3 is 10.1 Å². The zero-order valence-corrected chi connectivity index (χ0v) is 13.1. The first-order chi connectivity index (χ1) is 11.0. The van der Waals surface area contributed by atoms with Gasteiger partial charge in [-0.1, -0.05) is 12.1 Å². The summed E-state index contributed by atoms with van der Waals surface area (Å²) in [6.07, 6.45) is 0.103. The number of amides is 1. The summed E-state index contributed by atoms with van der Waals surface area (Å²) in [6.45, 7) is 1.79. The van der Waals surface area contributed by atoms with E-state index in [2.05, 4.69) is 5.32 Å². The second-order valence-electron chi connectivity index (χ2n) is 5.16. The molecular formula is C18H18FNO3. The Balaban J connectivity index is 2.02. The summed E-state index contributed by atoms with van der Waals surface area (Å²) in [5.74, 6) is -0.0215. The summed E-state index contributed by atoms with van der Waals surface area (Å²) in [5, 5.41) is 2.77. The van der Waals surface area contributed by atoms with Gasteiger partial charge in [-0.3, -0.25) is 9.59 Å². The van der Waals surface area contributed by atoms with Gasteiger partial charge in [-0.05, 0) is 42.8 Å². The van der Waals surface area contributed by atoms with Gasteiger partial charge >= 0.3 is 0 Å². The third-order valence-electron chi connectivity index (χ3n) is 3.44. The highest BCUT2D eigenvalue weighted by Gasteiger charge is 2.11. The first-order valence-electron chi connectivity index (χ1n) is 7.18. The second kappa shape index (κ2) is 7.54. The van der Waals surface area contributed by atoms with Gasteiger partial charge in [0.25, 0.3) is 0 Å². The molecule has 0 aromatic heterocycles. The van der Waals surface area contributed by atoms with E-state index in [1.807, 2.05) is 0 Å². The van der Waals surface area contributed by atoms with Gasteiger partial charge in [0.1, 0.15) is 11.6 Å². The lowest BCUT2D eigenvalue weighted by atomic mass is 10.0. The summed E-state index contributed by atoms with van der Waals surface area (Å²) < 4.78 is 18.1. The number of hydrogen-bond acceptors (Lipinski definition) is 3. The van der Waals surface area contributed by atoms with E-state index in [9.17, 15) is 14.0 Å². The molecule has 2 aromatic rings. The number of methoxy groups -OCH3 is 1. The number of ketones is 1. The monoisotopic (exact) mass is 315 g/mol. The molecule has 1 amide bonds. The van der Waals surface area contributed by atoms with Gasteiger partial charge in [0.2, 0.25) is 5.91 Å². The third kappa shape index (κ3) is 4.64. The highest BCUT2D eigenvalue weighted by Crippen LogP contribution is 2.21. The highest BCUT2D eigenvalue weighted by atomic mass is 19.1. The zero-order chi connectivity index (χ0) is 16.8. The number of rotatable bonds is 6. The van der Waals surface area contributed by atoms with Crippen LogP contribution in [-0.4, -0.2) is 18.8 Å². The lowest BCUT2D eigenvalue weighted by molar-refractivity contribution is -0.120. The lowest BCUT2D eigenvalue weighted by Crippen LogP contribution is -2.24. The number of ether oxygens (including phenoxy) is 1. The van der Waals surface area contributed by atoms with Gasteiger partial charge in [-0.2, -0.15) is 0 Å². The molecule has 5 heteroatoms. The molecule has 0 aliphatic rings. The van der Waals surface area contributed by atoms with Crippen LogP contribution in [-0.2, 0) is 17.8 Å². The minimum atomic E-state index is -0.314. The molecule has 0 bridgehead atoms. The summed E-state index contributed by atoms with van der Waals surface area (Å²) in [7, 11) is 1.52. The van der Waals surface area contributed by atoms with Crippen LogP contribution < -0.4 is 10.1 Å². The fourth-order valence-electron chi connectivity index (χ4n) is 2.17. The lowest BCUT2D eigenvalue weighted by Gasteiger charge is -2.10. The smallest absolute Gasteiger partial charge is 0.224 e. The quantitative estimate of drug-likeness (QED) is 0.834. The number of benzene rings is 2. The molecule has 0 unspecified atom stereocenters. The predicted octanol–water partition coefficient (Wildman–Crippen LogP) is 2.90. The van der Waals surface area contributed by atoms with Gasteiger partial charge in [0.05, 0.1) is 13.5 Å². The maximum atomic E-state index is 12.8. The molecule has 2 aromatic carbocycles. The van der Waals surface area contributed by atoms with Crippen molar-refractivity contribution in [3.63, 3.8) is 0 Å². The predicted molar refractivity (Wildman–Crippen MR) is 84.9 cm³/mol. The Morgan fingerprint density at radius 3 is 2.43 bits per heavy atom. The van der Waals surface area contributed by atoms with Crippen molar-refractivity contribution in [3.8, 4) is 5.75 Å². The Kier molecular flexibility index (Phi) is 5.46. The van der Waals surface area contributed by atoms with E-state index in [0.29, 0.717) is 23.4 Å². The number of hydrogen-bond donors (Lipinski definition) is 1. The van der Waals surface area contributed by atoms with Crippen LogP contribution in [0.1, 0.15) is 28.4 Å². The number of carbonyl (C=O) groups is 2. The Labute approximate surface area is 134 Å². The molecule has 23 heavy (non-hydrogen) atoms. The topological polar surface area (TPSA) is 55.4 Å². The zero-order valence-electron chi connectivity index (χ0n) is 13.1. The first kappa shape index (κ1) is 16.7. The minimum absolute atomic E-state index is 0.0689. The van der Waals surface area contributed by atoms with E-state index in [4.69, 9.17) is 4.74 Å². The Hall–Kier alpha value is -2.69. The normalized spacial score (nSPS) is 10.2. The summed E-state index contributed by atoms with van der Waals surface area (Å²) in [5.41, 5.74) is 1.99. The maximum Gasteiger partial charge on any atom is 0.224 e. The number of Topliss-reactive ketones (excluding diaryl/α,β-unsaturated/α-hetero) is 1. The summed E-state index contributed by atoms with van der Waals surface area (Å²) in [4.78, 5) is 23.5. The maximum absolute atomic E-state index is 12.8. The van der Waals surface area contributed by atoms with Crippen molar-refractivity contribution in [2.24, 2.45) is 0 Å². The van der Waals surface area contributed by atoms with Gasteiger partial charge in [0, 0.05) is 17.7 Å². The van der Waals surface area contributed by atoms with E-state index >= 15 is 0 Å². The molecular weight excluding hydrogens is 297 g/mol. The molecule has 2 rings (SSSR count). The van der Waals surface area contributed by atoms with E-state index in [-0.39, 0.29) is 23.9 Å². The van der Waals surface area contributed by atoms with E-state index in [1.54, 1.807) is 30.3 Å². The molecule has 4 nitrogen and oxygen atoms in total. The molecule has 0 aliphatic carbocycles. The minimum Gasteiger partial charge on any atom is -0.496 e. The largest absolute Gasteiger partial charge is 0.496 e. The van der Waals surface area contributed by atoms with Crippen LogP contribution >= 0.6 is 0 Å². The van der Waals surface area contributed by atoms with E-state index in [1.165, 1.54) is 26.2 Å².